The molecule has 0 bridgehead atoms. The average Bonchev–Trinajstić information content (AvgIpc) is 2.16. The largest absolute Gasteiger partial charge is 0.477 e. The predicted molar refractivity (Wildman–Crippen MR) is 50.2 cm³/mol. The fourth-order valence-corrected chi connectivity index (χ4v) is 0.873. The maximum Gasteiger partial charge on any atom is 0.346 e. The molecule has 1 aromatic heterocycles. The van der Waals surface area contributed by atoms with Gasteiger partial charge in [0.25, 0.3) is 0 Å². The molecule has 0 atom stereocenters. The minimum absolute atomic E-state index is 0.296. The van der Waals surface area contributed by atoms with E-state index < -0.39 is 5.97 Å². The molecule has 0 aromatic carbocycles. The third kappa shape index (κ3) is 2.42. The van der Waals surface area contributed by atoms with Gasteiger partial charge in [-0.1, -0.05) is 6.07 Å². The van der Waals surface area contributed by atoms with Crippen LogP contribution in [0.4, 0.5) is 0 Å². The van der Waals surface area contributed by atoms with Crippen molar-refractivity contribution in [2.24, 2.45) is 0 Å². The fraction of sp³-hybridized carbons (Fsp3) is 0.100. The van der Waals surface area contributed by atoms with E-state index in [1.807, 2.05) is 6.92 Å². The van der Waals surface area contributed by atoms with Gasteiger partial charge in [-0.3, -0.25) is 4.98 Å². The van der Waals surface area contributed by atoms with Gasteiger partial charge in [0.2, 0.25) is 0 Å². The number of pyridine rings is 1. The van der Waals surface area contributed by atoms with E-state index in [4.69, 9.17) is 10.4 Å². The van der Waals surface area contributed by atoms with Crippen molar-refractivity contribution in [1.29, 1.82) is 5.26 Å². The van der Waals surface area contributed by atoms with Crippen LogP contribution in [0.1, 0.15) is 11.3 Å². The third-order valence-corrected chi connectivity index (χ3v) is 1.60. The van der Waals surface area contributed by atoms with E-state index in [0.29, 0.717) is 5.56 Å². The Morgan fingerprint density at radius 3 is 2.79 bits per heavy atom. The number of nitriles is 1. The Hall–Kier alpha value is -2.15. The summed E-state index contributed by atoms with van der Waals surface area (Å²) in [5.41, 5.74) is 1.15. The summed E-state index contributed by atoms with van der Waals surface area (Å²) in [6.45, 7) is 1.83. The van der Waals surface area contributed by atoms with Crippen LogP contribution in [0.5, 0.6) is 0 Å². The van der Waals surface area contributed by atoms with E-state index in [1.165, 1.54) is 12.3 Å². The van der Waals surface area contributed by atoms with Crippen LogP contribution < -0.4 is 0 Å². The summed E-state index contributed by atoms with van der Waals surface area (Å²) >= 11 is 0. The van der Waals surface area contributed by atoms with E-state index in [2.05, 4.69) is 4.98 Å². The minimum Gasteiger partial charge on any atom is -0.477 e. The zero-order valence-corrected chi connectivity index (χ0v) is 7.56. The molecule has 0 spiro atoms. The molecule has 0 aliphatic carbocycles. The summed E-state index contributed by atoms with van der Waals surface area (Å²) in [7, 11) is 0. The average molecular weight is 188 g/mol. The van der Waals surface area contributed by atoms with Crippen LogP contribution in [0.3, 0.4) is 0 Å². The molecule has 0 aliphatic heterocycles. The lowest BCUT2D eigenvalue weighted by Crippen LogP contribution is -1.97. The molecular formula is C10H8N2O2. The number of carboxylic acids is 1. The number of carboxylic acid groups (broad SMARTS) is 1. The quantitative estimate of drug-likeness (QED) is 0.562. The molecule has 1 rings (SSSR count). The molecule has 0 saturated carbocycles. The number of carbonyl (C=O) groups is 1. The zero-order valence-electron chi connectivity index (χ0n) is 7.56. The standard InChI is InChI=1S/C10H8N2O2/c1-7-2-3-8(6-12-7)4-9(5-11)10(13)14/h2-4,6H,1H3,(H,13,14)/b9-4+. The lowest BCUT2D eigenvalue weighted by Gasteiger charge is -1.94. The summed E-state index contributed by atoms with van der Waals surface area (Å²) in [6.07, 6.45) is 2.81. The smallest absolute Gasteiger partial charge is 0.346 e. The first kappa shape index (κ1) is 9.93. The maximum atomic E-state index is 10.5. The summed E-state index contributed by atoms with van der Waals surface area (Å²) in [5.74, 6) is -1.23. The molecule has 0 radical (unpaired) electrons. The Morgan fingerprint density at radius 1 is 1.64 bits per heavy atom. The van der Waals surface area contributed by atoms with Crippen molar-refractivity contribution in [1.82, 2.24) is 4.98 Å². The zero-order chi connectivity index (χ0) is 10.6. The van der Waals surface area contributed by atoms with Gasteiger partial charge in [0.05, 0.1) is 0 Å². The number of rotatable bonds is 2. The number of aryl methyl sites for hydroxylation is 1. The molecule has 4 nitrogen and oxygen atoms in total. The molecule has 14 heavy (non-hydrogen) atoms. The van der Waals surface area contributed by atoms with Crippen molar-refractivity contribution in [2.45, 2.75) is 6.92 Å². The predicted octanol–water partition coefficient (Wildman–Crippen LogP) is 1.38. The molecule has 0 amide bonds. The Balaban J connectivity index is 3.03. The summed E-state index contributed by atoms with van der Waals surface area (Å²) in [5, 5.41) is 17.1. The molecule has 1 N–H and O–H groups in total. The first-order valence-corrected chi connectivity index (χ1v) is 3.91. The summed E-state index contributed by atoms with van der Waals surface area (Å²) in [4.78, 5) is 14.5. The van der Waals surface area contributed by atoms with Gasteiger partial charge in [-0.15, -0.1) is 0 Å². The summed E-state index contributed by atoms with van der Waals surface area (Å²) < 4.78 is 0. The molecule has 1 heterocycles. The first-order valence-electron chi connectivity index (χ1n) is 3.91. The van der Waals surface area contributed by atoms with E-state index in [9.17, 15) is 4.79 Å². The lowest BCUT2D eigenvalue weighted by molar-refractivity contribution is -0.132. The highest BCUT2D eigenvalue weighted by Crippen LogP contribution is 2.05. The highest BCUT2D eigenvalue weighted by Gasteiger charge is 2.04. The van der Waals surface area contributed by atoms with Crippen LogP contribution >= 0.6 is 0 Å². The normalized spacial score (nSPS) is 10.7. The van der Waals surface area contributed by atoms with Crippen molar-refractivity contribution in [2.75, 3.05) is 0 Å². The van der Waals surface area contributed by atoms with Gasteiger partial charge in [0, 0.05) is 11.9 Å². The van der Waals surface area contributed by atoms with Crippen LogP contribution in [0, 0.1) is 18.3 Å². The molecule has 0 aliphatic rings. The Labute approximate surface area is 81.1 Å². The van der Waals surface area contributed by atoms with Gasteiger partial charge in [0.15, 0.2) is 0 Å². The number of aromatic nitrogens is 1. The number of aliphatic carboxylic acids is 1. The van der Waals surface area contributed by atoms with Gasteiger partial charge in [-0.05, 0) is 24.6 Å². The SMILES string of the molecule is Cc1ccc(/C=C(\C#N)C(=O)O)cn1. The molecule has 0 unspecified atom stereocenters. The fourth-order valence-electron chi connectivity index (χ4n) is 0.873. The second-order valence-electron chi connectivity index (χ2n) is 2.71. The van der Waals surface area contributed by atoms with Gasteiger partial charge in [-0.2, -0.15) is 5.26 Å². The van der Waals surface area contributed by atoms with Crippen molar-refractivity contribution >= 4 is 12.0 Å². The lowest BCUT2D eigenvalue weighted by atomic mass is 10.2. The Morgan fingerprint density at radius 2 is 2.36 bits per heavy atom. The van der Waals surface area contributed by atoms with Crippen molar-refractivity contribution in [3.8, 4) is 6.07 Å². The maximum absolute atomic E-state index is 10.5. The third-order valence-electron chi connectivity index (χ3n) is 1.60. The minimum atomic E-state index is -1.23. The van der Waals surface area contributed by atoms with Crippen molar-refractivity contribution < 1.29 is 9.90 Å². The van der Waals surface area contributed by atoms with Crippen LogP contribution in [0.2, 0.25) is 0 Å². The Bertz CT molecular complexity index is 413. The number of nitrogens with zero attached hydrogens (tertiary/aromatic N) is 2. The Kier molecular flexibility index (Phi) is 2.97. The number of hydrogen-bond donors (Lipinski definition) is 1. The highest BCUT2D eigenvalue weighted by molar-refractivity contribution is 5.96. The molecular weight excluding hydrogens is 180 g/mol. The topological polar surface area (TPSA) is 74.0 Å². The van der Waals surface area contributed by atoms with Crippen LogP contribution in [0.15, 0.2) is 23.9 Å². The van der Waals surface area contributed by atoms with E-state index >= 15 is 0 Å². The first-order chi connectivity index (χ1) is 6.63. The molecule has 4 heteroatoms. The number of hydrogen-bond acceptors (Lipinski definition) is 3. The van der Waals surface area contributed by atoms with Crippen LogP contribution in [-0.2, 0) is 4.79 Å². The van der Waals surface area contributed by atoms with E-state index in [0.717, 1.165) is 5.69 Å². The van der Waals surface area contributed by atoms with Crippen LogP contribution in [-0.4, -0.2) is 16.1 Å². The van der Waals surface area contributed by atoms with Crippen molar-refractivity contribution in [3.63, 3.8) is 0 Å². The van der Waals surface area contributed by atoms with E-state index in [-0.39, 0.29) is 5.57 Å². The van der Waals surface area contributed by atoms with Gasteiger partial charge >= 0.3 is 5.97 Å². The van der Waals surface area contributed by atoms with Gasteiger partial charge in [-0.25, -0.2) is 4.79 Å². The van der Waals surface area contributed by atoms with E-state index in [1.54, 1.807) is 18.2 Å². The summed E-state index contributed by atoms with van der Waals surface area (Å²) in [6, 6.07) is 5.06. The van der Waals surface area contributed by atoms with Crippen molar-refractivity contribution in [3.05, 3.63) is 35.2 Å². The van der Waals surface area contributed by atoms with Gasteiger partial charge < -0.3 is 5.11 Å². The second kappa shape index (κ2) is 4.19. The van der Waals surface area contributed by atoms with Gasteiger partial charge in [0.1, 0.15) is 11.6 Å². The molecule has 0 fully saturated rings. The molecule has 0 saturated heterocycles. The second-order valence-corrected chi connectivity index (χ2v) is 2.71. The highest BCUT2D eigenvalue weighted by atomic mass is 16.4. The van der Waals surface area contributed by atoms with Crippen LogP contribution in [0.25, 0.3) is 6.08 Å². The monoisotopic (exact) mass is 188 g/mol. The molecule has 1 aromatic rings. The molecule has 70 valence electrons.